The molecule has 3 heterocycles. The molecule has 2 aliphatic rings. The third-order valence-corrected chi connectivity index (χ3v) is 7.58. The van der Waals surface area contributed by atoms with E-state index in [-0.39, 0.29) is 11.8 Å². The summed E-state index contributed by atoms with van der Waals surface area (Å²) in [6.07, 6.45) is 5.29. The SMILES string of the molecule is CCCCN1C(=O)[C@H](CC(C)C)NC(=O)C12CCN(Cc1ccc(Oc3ccc(C)[n+]([O-])c3)cc1)CC2. The highest BCUT2D eigenvalue weighted by Crippen LogP contribution is 2.35. The number of unbranched alkanes of at least 4 members (excludes halogenated alkanes) is 1. The van der Waals surface area contributed by atoms with Crippen LogP contribution in [-0.4, -0.2) is 52.8 Å². The van der Waals surface area contributed by atoms with Crippen LogP contribution in [0.4, 0.5) is 0 Å². The van der Waals surface area contributed by atoms with E-state index in [0.717, 1.165) is 42.8 Å². The lowest BCUT2D eigenvalue weighted by atomic mass is 9.80. The molecule has 0 aliphatic carbocycles. The van der Waals surface area contributed by atoms with Gasteiger partial charge in [0, 0.05) is 39.2 Å². The number of ether oxygens (including phenoxy) is 1. The van der Waals surface area contributed by atoms with Crippen LogP contribution in [0.5, 0.6) is 11.5 Å². The number of aromatic nitrogens is 1. The molecule has 1 spiro atoms. The lowest BCUT2D eigenvalue weighted by Gasteiger charge is -2.52. The molecule has 8 nitrogen and oxygen atoms in total. The predicted octanol–water partition coefficient (Wildman–Crippen LogP) is 3.93. The molecule has 1 atom stereocenters. The van der Waals surface area contributed by atoms with Crippen molar-refractivity contribution in [3.05, 3.63) is 59.1 Å². The number of piperidine rings is 1. The number of pyridine rings is 1. The van der Waals surface area contributed by atoms with Crippen molar-refractivity contribution in [2.75, 3.05) is 19.6 Å². The highest BCUT2D eigenvalue weighted by atomic mass is 16.5. The largest absolute Gasteiger partial charge is 0.618 e. The van der Waals surface area contributed by atoms with Gasteiger partial charge in [-0.1, -0.05) is 39.3 Å². The van der Waals surface area contributed by atoms with Crippen LogP contribution < -0.4 is 14.8 Å². The molecular weight excluding hydrogens is 468 g/mol. The van der Waals surface area contributed by atoms with Gasteiger partial charge in [-0.3, -0.25) is 14.5 Å². The number of carbonyl (C=O) groups excluding carboxylic acids is 2. The van der Waals surface area contributed by atoms with Gasteiger partial charge < -0.3 is 20.2 Å². The number of carbonyl (C=O) groups is 2. The van der Waals surface area contributed by atoms with E-state index in [1.807, 2.05) is 29.2 Å². The van der Waals surface area contributed by atoms with Gasteiger partial charge in [0.2, 0.25) is 18.0 Å². The molecule has 2 fully saturated rings. The first-order valence-electron chi connectivity index (χ1n) is 13.5. The van der Waals surface area contributed by atoms with E-state index >= 15 is 0 Å². The summed E-state index contributed by atoms with van der Waals surface area (Å²) in [6, 6.07) is 11.0. The Kier molecular flexibility index (Phi) is 8.37. The summed E-state index contributed by atoms with van der Waals surface area (Å²) in [7, 11) is 0. The summed E-state index contributed by atoms with van der Waals surface area (Å²) in [5.41, 5.74) is 1.03. The van der Waals surface area contributed by atoms with E-state index in [9.17, 15) is 14.8 Å². The smallest absolute Gasteiger partial charge is 0.246 e. The topological polar surface area (TPSA) is 88.8 Å². The molecule has 37 heavy (non-hydrogen) atoms. The number of nitrogens with one attached hydrogen (secondary N) is 1. The van der Waals surface area contributed by atoms with Gasteiger partial charge in [-0.2, -0.15) is 4.73 Å². The lowest BCUT2D eigenvalue weighted by Crippen LogP contribution is -2.73. The second-order valence-corrected chi connectivity index (χ2v) is 10.9. The molecule has 4 rings (SSSR count). The van der Waals surface area contributed by atoms with E-state index < -0.39 is 11.6 Å². The maximum Gasteiger partial charge on any atom is 0.246 e. The number of hydrogen-bond donors (Lipinski definition) is 1. The lowest BCUT2D eigenvalue weighted by molar-refractivity contribution is -0.612. The van der Waals surface area contributed by atoms with Crippen LogP contribution in [0.3, 0.4) is 0 Å². The molecule has 1 aromatic carbocycles. The second-order valence-electron chi connectivity index (χ2n) is 10.9. The van der Waals surface area contributed by atoms with Gasteiger partial charge in [0.05, 0.1) is 0 Å². The van der Waals surface area contributed by atoms with Crippen LogP contribution in [0.2, 0.25) is 0 Å². The fraction of sp³-hybridized carbons (Fsp3) is 0.552. The number of rotatable bonds is 9. The fourth-order valence-corrected chi connectivity index (χ4v) is 5.38. The number of piperazine rings is 1. The first-order chi connectivity index (χ1) is 17.7. The maximum absolute atomic E-state index is 13.4. The maximum atomic E-state index is 13.4. The first kappa shape index (κ1) is 26.9. The molecule has 0 radical (unpaired) electrons. The van der Waals surface area contributed by atoms with Crippen molar-refractivity contribution in [1.82, 2.24) is 15.1 Å². The Morgan fingerprint density at radius 1 is 1.11 bits per heavy atom. The molecule has 1 N–H and O–H groups in total. The average molecular weight is 509 g/mol. The Labute approximate surface area is 220 Å². The molecular formula is C29H40N4O4. The Morgan fingerprint density at radius 3 is 2.41 bits per heavy atom. The van der Waals surface area contributed by atoms with Crippen LogP contribution in [0.1, 0.15) is 64.1 Å². The Hall–Kier alpha value is -3.13. The van der Waals surface area contributed by atoms with Crippen molar-refractivity contribution < 1.29 is 19.1 Å². The molecule has 200 valence electrons. The Balaban J connectivity index is 1.38. The normalized spacial score (nSPS) is 19.9. The molecule has 2 saturated heterocycles. The highest BCUT2D eigenvalue weighted by Gasteiger charge is 2.53. The number of hydrogen-bond acceptors (Lipinski definition) is 5. The van der Waals surface area contributed by atoms with Crippen molar-refractivity contribution in [2.24, 2.45) is 5.92 Å². The Morgan fingerprint density at radius 2 is 1.78 bits per heavy atom. The average Bonchev–Trinajstić information content (AvgIpc) is 2.87. The molecule has 0 unspecified atom stereocenters. The second kappa shape index (κ2) is 11.5. The summed E-state index contributed by atoms with van der Waals surface area (Å²) in [4.78, 5) is 31.1. The minimum atomic E-state index is -0.736. The van der Waals surface area contributed by atoms with Crippen molar-refractivity contribution in [2.45, 2.75) is 77.9 Å². The number of aryl methyl sites for hydroxylation is 1. The highest BCUT2D eigenvalue weighted by molar-refractivity contribution is 6.00. The standard InChI is InChI=1S/C29H40N4O4/c1-5-6-15-32-27(34)26(18-21(2)3)30-28(35)29(32)13-16-31(17-14-29)19-23-8-11-24(12-9-23)37-25-10-7-22(4)33(36)20-25/h7-12,20-21,26H,5-6,13-19H2,1-4H3,(H,30,35)/t26-/m0/s1. The quantitative estimate of drug-likeness (QED) is 0.410. The number of likely N-dealkylation sites (tertiary alicyclic amines) is 1. The third kappa shape index (κ3) is 6.06. The minimum Gasteiger partial charge on any atom is -0.618 e. The summed E-state index contributed by atoms with van der Waals surface area (Å²) in [5, 5.41) is 14.8. The molecule has 0 bridgehead atoms. The van der Waals surface area contributed by atoms with Crippen LogP contribution in [0.15, 0.2) is 42.6 Å². The van der Waals surface area contributed by atoms with Crippen molar-refractivity contribution in [3.8, 4) is 11.5 Å². The summed E-state index contributed by atoms with van der Waals surface area (Å²) < 4.78 is 6.61. The third-order valence-electron chi connectivity index (χ3n) is 7.58. The molecule has 8 heteroatoms. The number of nitrogens with zero attached hydrogens (tertiary/aromatic N) is 3. The zero-order valence-electron chi connectivity index (χ0n) is 22.5. The van der Waals surface area contributed by atoms with Gasteiger partial charge in [-0.15, -0.1) is 0 Å². The summed E-state index contributed by atoms with van der Waals surface area (Å²) in [6.45, 7) is 11.0. The van der Waals surface area contributed by atoms with Crippen molar-refractivity contribution in [1.29, 1.82) is 0 Å². The van der Waals surface area contributed by atoms with E-state index in [4.69, 9.17) is 4.74 Å². The molecule has 2 aliphatic heterocycles. The van der Waals surface area contributed by atoms with Gasteiger partial charge in [-0.25, -0.2) is 0 Å². The molecule has 0 saturated carbocycles. The van der Waals surface area contributed by atoms with Crippen LogP contribution in [0.25, 0.3) is 0 Å². The van der Waals surface area contributed by atoms with Crippen LogP contribution in [-0.2, 0) is 16.1 Å². The zero-order valence-corrected chi connectivity index (χ0v) is 22.5. The van der Waals surface area contributed by atoms with Crippen LogP contribution in [0, 0.1) is 18.0 Å². The predicted molar refractivity (Wildman–Crippen MR) is 142 cm³/mol. The van der Waals surface area contributed by atoms with Gasteiger partial charge in [0.15, 0.2) is 11.4 Å². The van der Waals surface area contributed by atoms with Crippen molar-refractivity contribution >= 4 is 11.8 Å². The van der Waals surface area contributed by atoms with Crippen LogP contribution >= 0.6 is 0 Å². The van der Waals surface area contributed by atoms with Gasteiger partial charge >= 0.3 is 0 Å². The Bertz CT molecular complexity index is 1090. The minimum absolute atomic E-state index is 0.0190. The van der Waals surface area contributed by atoms with E-state index in [1.165, 1.54) is 6.20 Å². The van der Waals surface area contributed by atoms with Gasteiger partial charge in [-0.05, 0) is 55.4 Å². The monoisotopic (exact) mass is 508 g/mol. The molecule has 2 aromatic rings. The number of amides is 2. The molecule has 1 aromatic heterocycles. The summed E-state index contributed by atoms with van der Waals surface area (Å²) >= 11 is 0. The van der Waals surface area contributed by atoms with Crippen molar-refractivity contribution in [3.63, 3.8) is 0 Å². The van der Waals surface area contributed by atoms with Gasteiger partial charge in [0.1, 0.15) is 17.3 Å². The first-order valence-corrected chi connectivity index (χ1v) is 13.5. The zero-order chi connectivity index (χ0) is 26.6. The molecule has 2 amide bonds. The summed E-state index contributed by atoms with van der Waals surface area (Å²) in [5.74, 6) is 1.62. The number of benzene rings is 1. The van der Waals surface area contributed by atoms with E-state index in [0.29, 0.717) is 48.9 Å². The van der Waals surface area contributed by atoms with E-state index in [2.05, 4.69) is 31.0 Å². The van der Waals surface area contributed by atoms with Gasteiger partial charge in [0.25, 0.3) is 0 Å². The fourth-order valence-electron chi connectivity index (χ4n) is 5.38. The van der Waals surface area contributed by atoms with E-state index in [1.54, 1.807) is 19.1 Å².